The van der Waals surface area contributed by atoms with Crippen LogP contribution in [0, 0.1) is 0 Å². The highest BCUT2D eigenvalue weighted by molar-refractivity contribution is 6.28. The standard InChI is InChI=1S/C13H12ClN3O3/c14-13-15-3-4-17(13)7-12(18)16-6-9-1-2-10-11(5-9)20-8-19-10/h1-5H,6-8H2,(H,16,18). The number of nitrogens with zero attached hydrogens (tertiary/aromatic N) is 2. The van der Waals surface area contributed by atoms with Gasteiger partial charge in [-0.2, -0.15) is 0 Å². The molecular formula is C13H12ClN3O3. The van der Waals surface area contributed by atoms with Crippen molar-refractivity contribution in [1.29, 1.82) is 0 Å². The van der Waals surface area contributed by atoms with Gasteiger partial charge in [0.25, 0.3) is 0 Å². The summed E-state index contributed by atoms with van der Waals surface area (Å²) in [6.07, 6.45) is 3.20. The molecule has 2 aromatic rings. The minimum Gasteiger partial charge on any atom is -0.454 e. The summed E-state index contributed by atoms with van der Waals surface area (Å²) >= 11 is 5.81. The number of hydrogen-bond donors (Lipinski definition) is 1. The van der Waals surface area contributed by atoms with E-state index in [-0.39, 0.29) is 19.2 Å². The van der Waals surface area contributed by atoms with Crippen LogP contribution in [0.1, 0.15) is 5.56 Å². The molecule has 1 aromatic carbocycles. The Morgan fingerprint density at radius 1 is 1.40 bits per heavy atom. The molecule has 1 amide bonds. The smallest absolute Gasteiger partial charge is 0.240 e. The predicted molar refractivity (Wildman–Crippen MR) is 71.6 cm³/mol. The SMILES string of the molecule is O=C(Cn1ccnc1Cl)NCc1ccc2c(c1)OCO2. The van der Waals surface area contributed by atoms with Crippen LogP contribution in [0.4, 0.5) is 0 Å². The van der Waals surface area contributed by atoms with Gasteiger partial charge in [0.15, 0.2) is 11.5 Å². The Bertz CT molecular complexity index is 642. The first-order valence-corrected chi connectivity index (χ1v) is 6.42. The van der Waals surface area contributed by atoms with Crippen LogP contribution in [0.5, 0.6) is 11.5 Å². The third-order valence-corrected chi connectivity index (χ3v) is 3.22. The van der Waals surface area contributed by atoms with E-state index in [1.165, 1.54) is 0 Å². The molecule has 1 N–H and O–H groups in total. The van der Waals surface area contributed by atoms with E-state index < -0.39 is 0 Å². The van der Waals surface area contributed by atoms with Crippen molar-refractivity contribution < 1.29 is 14.3 Å². The van der Waals surface area contributed by atoms with Crippen LogP contribution in [-0.2, 0) is 17.9 Å². The summed E-state index contributed by atoms with van der Waals surface area (Å²) in [6.45, 7) is 0.801. The van der Waals surface area contributed by atoms with Gasteiger partial charge in [-0.05, 0) is 29.3 Å². The maximum absolute atomic E-state index is 11.8. The number of benzene rings is 1. The first-order valence-electron chi connectivity index (χ1n) is 6.04. The van der Waals surface area contributed by atoms with Gasteiger partial charge in [0.1, 0.15) is 6.54 Å². The molecule has 7 heteroatoms. The molecule has 0 radical (unpaired) electrons. The molecule has 0 fully saturated rings. The maximum atomic E-state index is 11.8. The van der Waals surface area contributed by atoms with Gasteiger partial charge in [-0.15, -0.1) is 0 Å². The van der Waals surface area contributed by atoms with Crippen molar-refractivity contribution >= 4 is 17.5 Å². The zero-order valence-corrected chi connectivity index (χ0v) is 11.3. The van der Waals surface area contributed by atoms with E-state index in [1.807, 2.05) is 18.2 Å². The van der Waals surface area contributed by atoms with Crippen LogP contribution >= 0.6 is 11.6 Å². The summed E-state index contributed by atoms with van der Waals surface area (Å²) in [6, 6.07) is 5.57. The van der Waals surface area contributed by atoms with Crippen molar-refractivity contribution in [2.75, 3.05) is 6.79 Å². The van der Waals surface area contributed by atoms with E-state index in [1.54, 1.807) is 17.0 Å². The molecule has 0 saturated carbocycles. The molecule has 2 heterocycles. The van der Waals surface area contributed by atoms with Crippen LogP contribution in [0.15, 0.2) is 30.6 Å². The molecule has 1 aromatic heterocycles. The van der Waals surface area contributed by atoms with Gasteiger partial charge in [-0.1, -0.05) is 6.07 Å². The van der Waals surface area contributed by atoms with Crippen molar-refractivity contribution in [3.63, 3.8) is 0 Å². The normalized spacial score (nSPS) is 12.4. The molecule has 0 aliphatic carbocycles. The summed E-state index contributed by atoms with van der Waals surface area (Å²) in [5.41, 5.74) is 0.944. The molecule has 1 aliphatic rings. The number of amides is 1. The lowest BCUT2D eigenvalue weighted by Crippen LogP contribution is -2.26. The lowest BCUT2D eigenvalue weighted by molar-refractivity contribution is -0.121. The number of rotatable bonds is 4. The van der Waals surface area contributed by atoms with Crippen LogP contribution < -0.4 is 14.8 Å². The molecule has 6 nitrogen and oxygen atoms in total. The quantitative estimate of drug-likeness (QED) is 0.929. The Labute approximate surface area is 120 Å². The molecule has 0 saturated heterocycles. The number of halogens is 1. The fourth-order valence-corrected chi connectivity index (χ4v) is 2.06. The van der Waals surface area contributed by atoms with Gasteiger partial charge in [-0.3, -0.25) is 4.79 Å². The summed E-state index contributed by atoms with van der Waals surface area (Å²) in [5, 5.41) is 3.11. The van der Waals surface area contributed by atoms with Crippen LogP contribution in [0.2, 0.25) is 5.28 Å². The van der Waals surface area contributed by atoms with Crippen molar-refractivity contribution in [3.8, 4) is 11.5 Å². The molecule has 3 rings (SSSR count). The summed E-state index contributed by atoms with van der Waals surface area (Å²) in [7, 11) is 0. The Balaban J connectivity index is 1.57. The van der Waals surface area contributed by atoms with E-state index in [9.17, 15) is 4.79 Å². The lowest BCUT2D eigenvalue weighted by Gasteiger charge is -2.07. The maximum Gasteiger partial charge on any atom is 0.240 e. The first kappa shape index (κ1) is 12.8. The van der Waals surface area contributed by atoms with Crippen molar-refractivity contribution in [2.45, 2.75) is 13.1 Å². The first-order chi connectivity index (χ1) is 9.72. The average Bonchev–Trinajstić information content (AvgIpc) is 3.05. The van der Waals surface area contributed by atoms with Crippen LogP contribution in [0.3, 0.4) is 0 Å². The second-order valence-corrected chi connectivity index (χ2v) is 4.63. The number of nitrogens with one attached hydrogen (secondary N) is 1. The monoisotopic (exact) mass is 293 g/mol. The van der Waals surface area contributed by atoms with E-state index >= 15 is 0 Å². The highest BCUT2D eigenvalue weighted by Crippen LogP contribution is 2.32. The third kappa shape index (κ3) is 2.70. The zero-order valence-electron chi connectivity index (χ0n) is 10.5. The Hall–Kier alpha value is -2.21. The molecule has 1 aliphatic heterocycles. The third-order valence-electron chi connectivity index (χ3n) is 2.91. The number of hydrogen-bond acceptors (Lipinski definition) is 4. The van der Waals surface area contributed by atoms with Gasteiger partial charge in [0.2, 0.25) is 18.0 Å². The molecule has 20 heavy (non-hydrogen) atoms. The van der Waals surface area contributed by atoms with Gasteiger partial charge < -0.3 is 19.4 Å². The fourth-order valence-electron chi connectivity index (χ4n) is 1.89. The van der Waals surface area contributed by atoms with E-state index in [2.05, 4.69) is 10.3 Å². The summed E-state index contributed by atoms with van der Waals surface area (Å²) in [4.78, 5) is 15.6. The number of aromatic nitrogens is 2. The zero-order chi connectivity index (χ0) is 13.9. The number of ether oxygens (including phenoxy) is 2. The fraction of sp³-hybridized carbons (Fsp3) is 0.231. The van der Waals surface area contributed by atoms with Gasteiger partial charge in [0, 0.05) is 18.9 Å². The highest BCUT2D eigenvalue weighted by Gasteiger charge is 2.13. The highest BCUT2D eigenvalue weighted by atomic mass is 35.5. The summed E-state index contributed by atoms with van der Waals surface area (Å²) in [5.74, 6) is 1.29. The van der Waals surface area contributed by atoms with E-state index in [0.717, 1.165) is 11.3 Å². The molecule has 0 unspecified atom stereocenters. The van der Waals surface area contributed by atoms with Gasteiger partial charge in [-0.25, -0.2) is 4.98 Å². The van der Waals surface area contributed by atoms with Gasteiger partial charge in [0.05, 0.1) is 0 Å². The van der Waals surface area contributed by atoms with Crippen molar-refractivity contribution in [2.24, 2.45) is 0 Å². The van der Waals surface area contributed by atoms with Crippen molar-refractivity contribution in [1.82, 2.24) is 14.9 Å². The van der Waals surface area contributed by atoms with E-state index in [4.69, 9.17) is 21.1 Å². The average molecular weight is 294 g/mol. The topological polar surface area (TPSA) is 65.4 Å². The Kier molecular flexibility index (Phi) is 3.47. The number of carbonyl (C=O) groups excluding carboxylic acids is 1. The second kappa shape index (κ2) is 5.42. The Morgan fingerprint density at radius 2 is 2.25 bits per heavy atom. The number of carbonyl (C=O) groups is 1. The largest absolute Gasteiger partial charge is 0.454 e. The minimum absolute atomic E-state index is 0.137. The van der Waals surface area contributed by atoms with Crippen LogP contribution in [0.25, 0.3) is 0 Å². The van der Waals surface area contributed by atoms with Crippen LogP contribution in [-0.4, -0.2) is 22.3 Å². The Morgan fingerprint density at radius 3 is 3.05 bits per heavy atom. The summed E-state index contributed by atoms with van der Waals surface area (Å²) < 4.78 is 12.1. The molecule has 0 bridgehead atoms. The minimum atomic E-state index is -0.137. The number of imidazole rings is 1. The lowest BCUT2D eigenvalue weighted by atomic mass is 10.2. The number of fused-ring (bicyclic) bond motifs is 1. The molecular weight excluding hydrogens is 282 g/mol. The van der Waals surface area contributed by atoms with Gasteiger partial charge >= 0.3 is 0 Å². The molecule has 104 valence electrons. The van der Waals surface area contributed by atoms with E-state index in [0.29, 0.717) is 17.6 Å². The van der Waals surface area contributed by atoms with Crippen molar-refractivity contribution in [3.05, 3.63) is 41.4 Å². The second-order valence-electron chi connectivity index (χ2n) is 4.29. The molecule has 0 atom stereocenters. The molecule has 0 spiro atoms. The predicted octanol–water partition coefficient (Wildman–Crippen LogP) is 1.58.